The zero-order chi connectivity index (χ0) is 13.9. The molecule has 0 saturated carbocycles. The molecule has 6 nitrogen and oxygen atoms in total. The van der Waals surface area contributed by atoms with E-state index in [9.17, 15) is 8.42 Å². The van der Waals surface area contributed by atoms with Gasteiger partial charge in [-0.25, -0.2) is 13.1 Å². The number of aliphatic hydroxyl groups is 1. The van der Waals surface area contributed by atoms with Gasteiger partial charge >= 0.3 is 0 Å². The Morgan fingerprint density at radius 3 is 2.42 bits per heavy atom. The topological polar surface area (TPSA) is 95.1 Å². The van der Waals surface area contributed by atoms with Crippen LogP contribution in [0.25, 0.3) is 0 Å². The summed E-state index contributed by atoms with van der Waals surface area (Å²) < 4.78 is 26.5. The molecule has 3 N–H and O–H groups in total. The lowest BCUT2D eigenvalue weighted by atomic mass is 10.1. The Hall–Kier alpha value is -1.70. The van der Waals surface area contributed by atoms with E-state index in [0.29, 0.717) is 5.69 Å². The molecule has 19 heavy (non-hydrogen) atoms. The van der Waals surface area contributed by atoms with Gasteiger partial charge in [-0.2, -0.15) is 5.10 Å². The molecule has 0 atom stereocenters. The second-order valence-corrected chi connectivity index (χ2v) is 5.89. The number of rotatable bonds is 5. The van der Waals surface area contributed by atoms with Crippen LogP contribution in [0.4, 0.5) is 0 Å². The van der Waals surface area contributed by atoms with Crippen molar-refractivity contribution in [3.05, 3.63) is 47.3 Å². The van der Waals surface area contributed by atoms with Crippen molar-refractivity contribution in [1.29, 1.82) is 0 Å². The summed E-state index contributed by atoms with van der Waals surface area (Å²) in [5.41, 5.74) is 2.11. The van der Waals surface area contributed by atoms with Crippen molar-refractivity contribution < 1.29 is 13.5 Å². The third-order valence-electron chi connectivity index (χ3n) is 2.75. The molecule has 102 valence electrons. The van der Waals surface area contributed by atoms with Crippen LogP contribution in [0.1, 0.15) is 16.8 Å². The van der Waals surface area contributed by atoms with Crippen LogP contribution in [0.15, 0.2) is 35.4 Å². The number of aromatic amines is 1. The number of H-pyrrole nitrogens is 1. The monoisotopic (exact) mass is 281 g/mol. The second-order valence-electron chi connectivity index (χ2n) is 4.16. The Balaban J connectivity index is 2.07. The molecule has 0 bridgehead atoms. The van der Waals surface area contributed by atoms with E-state index in [4.69, 9.17) is 5.11 Å². The van der Waals surface area contributed by atoms with Crippen LogP contribution in [0.2, 0.25) is 0 Å². The number of aliphatic hydroxyl groups excluding tert-OH is 1. The molecule has 2 rings (SSSR count). The lowest BCUT2D eigenvalue weighted by Gasteiger charge is -2.06. The van der Waals surface area contributed by atoms with Crippen molar-refractivity contribution in [3.8, 4) is 0 Å². The highest BCUT2D eigenvalue weighted by Crippen LogP contribution is 2.12. The van der Waals surface area contributed by atoms with Crippen LogP contribution in [-0.2, 0) is 23.2 Å². The molecule has 0 unspecified atom stereocenters. The number of sulfonamides is 1. The maximum absolute atomic E-state index is 12.0. The molecule has 7 heteroatoms. The maximum Gasteiger partial charge on any atom is 0.244 e. The first-order chi connectivity index (χ1) is 9.03. The SMILES string of the molecule is Cc1[nH]ncc1S(=O)(=O)NCc1ccc(CO)cc1. The molecule has 0 spiro atoms. The highest BCUT2D eigenvalue weighted by atomic mass is 32.2. The van der Waals surface area contributed by atoms with Crippen LogP contribution in [0, 0.1) is 6.92 Å². The summed E-state index contributed by atoms with van der Waals surface area (Å²) in [6.07, 6.45) is 1.28. The van der Waals surface area contributed by atoms with Gasteiger partial charge in [0.1, 0.15) is 4.90 Å². The first-order valence-corrected chi connectivity index (χ1v) is 7.19. The lowest BCUT2D eigenvalue weighted by Crippen LogP contribution is -2.23. The molecular formula is C12H15N3O3S. The Morgan fingerprint density at radius 1 is 1.26 bits per heavy atom. The summed E-state index contributed by atoms with van der Waals surface area (Å²) in [5.74, 6) is 0. The van der Waals surface area contributed by atoms with Crippen LogP contribution in [-0.4, -0.2) is 23.7 Å². The van der Waals surface area contributed by atoms with E-state index < -0.39 is 10.0 Å². The quantitative estimate of drug-likeness (QED) is 0.751. The number of hydrogen-bond acceptors (Lipinski definition) is 4. The normalized spacial score (nSPS) is 11.7. The van der Waals surface area contributed by atoms with Crippen LogP contribution in [0.3, 0.4) is 0 Å². The Bertz CT molecular complexity index is 647. The van der Waals surface area contributed by atoms with Crippen molar-refractivity contribution in [1.82, 2.24) is 14.9 Å². The van der Waals surface area contributed by atoms with Gasteiger partial charge in [-0.3, -0.25) is 5.10 Å². The van der Waals surface area contributed by atoms with E-state index in [-0.39, 0.29) is 18.0 Å². The van der Waals surface area contributed by atoms with Gasteiger partial charge in [0.15, 0.2) is 0 Å². The number of nitrogens with one attached hydrogen (secondary N) is 2. The fraction of sp³-hybridized carbons (Fsp3) is 0.250. The largest absolute Gasteiger partial charge is 0.392 e. The minimum atomic E-state index is -3.55. The van der Waals surface area contributed by atoms with E-state index in [1.54, 1.807) is 31.2 Å². The van der Waals surface area contributed by atoms with E-state index in [1.807, 2.05) is 0 Å². The molecule has 0 radical (unpaired) electrons. The molecule has 1 heterocycles. The summed E-state index contributed by atoms with van der Waals surface area (Å²) in [6.45, 7) is 1.82. The second kappa shape index (κ2) is 5.52. The number of aromatic nitrogens is 2. The van der Waals surface area contributed by atoms with Crippen LogP contribution < -0.4 is 4.72 Å². The Labute approximate surface area is 111 Å². The van der Waals surface area contributed by atoms with Gasteiger partial charge in [0.2, 0.25) is 10.0 Å². The van der Waals surface area contributed by atoms with Crippen molar-refractivity contribution in [2.45, 2.75) is 25.0 Å². The fourth-order valence-electron chi connectivity index (χ4n) is 1.63. The fourth-order valence-corrected chi connectivity index (χ4v) is 2.78. The lowest BCUT2D eigenvalue weighted by molar-refractivity contribution is 0.282. The summed E-state index contributed by atoms with van der Waals surface area (Å²) in [5, 5.41) is 15.2. The standard InChI is InChI=1S/C12H15N3O3S/c1-9-12(7-13-15-9)19(17,18)14-6-10-2-4-11(8-16)5-3-10/h2-5,7,14,16H,6,8H2,1H3,(H,13,15). The molecule has 0 aliphatic heterocycles. The highest BCUT2D eigenvalue weighted by molar-refractivity contribution is 7.89. The molecule has 0 amide bonds. The number of benzene rings is 1. The number of hydrogen-bond donors (Lipinski definition) is 3. The smallest absolute Gasteiger partial charge is 0.244 e. The van der Waals surface area contributed by atoms with Crippen molar-refractivity contribution in [3.63, 3.8) is 0 Å². The molecule has 1 aromatic carbocycles. The zero-order valence-electron chi connectivity index (χ0n) is 10.4. The summed E-state index contributed by atoms with van der Waals surface area (Å²) in [7, 11) is -3.55. The molecule has 0 fully saturated rings. The average Bonchev–Trinajstić information content (AvgIpc) is 2.84. The first kappa shape index (κ1) is 13.7. The van der Waals surface area contributed by atoms with Gasteiger partial charge in [0.05, 0.1) is 18.5 Å². The predicted molar refractivity (Wildman–Crippen MR) is 69.7 cm³/mol. The van der Waals surface area contributed by atoms with Gasteiger partial charge in [-0.1, -0.05) is 24.3 Å². The van der Waals surface area contributed by atoms with E-state index >= 15 is 0 Å². The van der Waals surface area contributed by atoms with Gasteiger partial charge in [0.25, 0.3) is 0 Å². The zero-order valence-corrected chi connectivity index (χ0v) is 11.2. The summed E-state index contributed by atoms with van der Waals surface area (Å²) in [6, 6.07) is 7.06. The predicted octanol–water partition coefficient (Wildman–Crippen LogP) is 0.689. The minimum Gasteiger partial charge on any atom is -0.392 e. The highest BCUT2D eigenvalue weighted by Gasteiger charge is 2.17. The Kier molecular flexibility index (Phi) is 3.98. The van der Waals surface area contributed by atoms with Crippen molar-refractivity contribution in [2.75, 3.05) is 0 Å². The van der Waals surface area contributed by atoms with E-state index in [2.05, 4.69) is 14.9 Å². The number of nitrogens with zero attached hydrogens (tertiary/aromatic N) is 1. The van der Waals surface area contributed by atoms with Gasteiger partial charge in [-0.05, 0) is 18.1 Å². The summed E-state index contributed by atoms with van der Waals surface area (Å²) in [4.78, 5) is 0.152. The third kappa shape index (κ3) is 3.19. The molecule has 1 aromatic heterocycles. The third-order valence-corrected chi connectivity index (χ3v) is 4.26. The van der Waals surface area contributed by atoms with E-state index in [1.165, 1.54) is 6.20 Å². The maximum atomic E-state index is 12.0. The summed E-state index contributed by atoms with van der Waals surface area (Å²) >= 11 is 0. The van der Waals surface area contributed by atoms with Crippen LogP contribution >= 0.6 is 0 Å². The van der Waals surface area contributed by atoms with Gasteiger partial charge in [0, 0.05) is 6.54 Å². The average molecular weight is 281 g/mol. The van der Waals surface area contributed by atoms with Gasteiger partial charge in [-0.15, -0.1) is 0 Å². The molecule has 2 aromatic rings. The Morgan fingerprint density at radius 2 is 1.89 bits per heavy atom. The van der Waals surface area contributed by atoms with Crippen molar-refractivity contribution >= 4 is 10.0 Å². The molecular weight excluding hydrogens is 266 g/mol. The molecule has 0 aliphatic rings. The minimum absolute atomic E-state index is 0.0276. The van der Waals surface area contributed by atoms with Crippen molar-refractivity contribution in [2.24, 2.45) is 0 Å². The molecule has 0 saturated heterocycles. The van der Waals surface area contributed by atoms with Gasteiger partial charge < -0.3 is 5.11 Å². The first-order valence-electron chi connectivity index (χ1n) is 5.71. The number of aryl methyl sites for hydroxylation is 1. The molecule has 0 aliphatic carbocycles. The van der Waals surface area contributed by atoms with Crippen LogP contribution in [0.5, 0.6) is 0 Å². The van der Waals surface area contributed by atoms with E-state index in [0.717, 1.165) is 11.1 Å².